The number of fused-ring (bicyclic) bond motifs is 1. The Bertz CT molecular complexity index is 343. The summed E-state index contributed by atoms with van der Waals surface area (Å²) in [6.45, 7) is 8.37. The van der Waals surface area contributed by atoms with Gasteiger partial charge in [-0.3, -0.25) is 0 Å². The molecule has 1 atom stereocenters. The van der Waals surface area contributed by atoms with E-state index in [1.807, 2.05) is 4.68 Å². The molecule has 1 aliphatic heterocycles. The van der Waals surface area contributed by atoms with Gasteiger partial charge >= 0.3 is 0 Å². The lowest BCUT2D eigenvalue weighted by molar-refractivity contribution is 0.620. The van der Waals surface area contributed by atoms with Crippen LogP contribution in [0.4, 0.5) is 11.5 Å². The summed E-state index contributed by atoms with van der Waals surface area (Å²) in [7, 11) is 0. The van der Waals surface area contributed by atoms with Crippen LogP contribution in [-0.2, 0) is 6.54 Å². The van der Waals surface area contributed by atoms with E-state index in [0.717, 1.165) is 25.2 Å². The van der Waals surface area contributed by atoms with Crippen LogP contribution in [0.5, 0.6) is 0 Å². The van der Waals surface area contributed by atoms with Gasteiger partial charge in [-0.25, -0.2) is 4.68 Å². The second-order valence-electron chi connectivity index (χ2n) is 4.09. The highest BCUT2D eigenvalue weighted by Gasteiger charge is 2.20. The zero-order valence-electron chi connectivity index (χ0n) is 9.80. The van der Waals surface area contributed by atoms with E-state index in [1.54, 1.807) is 0 Å². The normalized spacial score (nSPS) is 20.1. The lowest BCUT2D eigenvalue weighted by Gasteiger charge is -2.15. The topological polar surface area (TPSA) is 41.9 Å². The Kier molecular flexibility index (Phi) is 2.84. The third kappa shape index (κ3) is 1.80. The van der Waals surface area contributed by atoms with Crippen LogP contribution >= 0.6 is 0 Å². The van der Waals surface area contributed by atoms with Gasteiger partial charge in [-0.1, -0.05) is 6.92 Å². The maximum absolute atomic E-state index is 4.51. The summed E-state index contributed by atoms with van der Waals surface area (Å²) < 4.78 is 2.05. The van der Waals surface area contributed by atoms with E-state index in [0.29, 0.717) is 6.04 Å². The summed E-state index contributed by atoms with van der Waals surface area (Å²) in [5.41, 5.74) is 2.28. The first-order valence-corrected chi connectivity index (χ1v) is 5.84. The molecule has 4 heteroatoms. The molecular weight excluding hydrogens is 188 g/mol. The van der Waals surface area contributed by atoms with Gasteiger partial charge in [0.2, 0.25) is 0 Å². The largest absolute Gasteiger partial charge is 0.380 e. The summed E-state index contributed by atoms with van der Waals surface area (Å²) in [4.78, 5) is 0. The zero-order valence-corrected chi connectivity index (χ0v) is 9.80. The predicted octanol–water partition coefficient (Wildman–Crippen LogP) is 2.22. The van der Waals surface area contributed by atoms with Gasteiger partial charge in [0, 0.05) is 19.1 Å². The minimum atomic E-state index is 0.570. The molecule has 1 unspecified atom stereocenters. The molecule has 0 aromatic carbocycles. The summed E-state index contributed by atoms with van der Waals surface area (Å²) in [5, 5.41) is 11.6. The number of aromatic nitrogens is 2. The van der Waals surface area contributed by atoms with Gasteiger partial charge in [-0.2, -0.15) is 5.10 Å². The monoisotopic (exact) mass is 208 g/mol. The molecule has 1 aliphatic rings. The Labute approximate surface area is 91.1 Å². The molecule has 0 bridgehead atoms. The highest BCUT2D eigenvalue weighted by molar-refractivity contribution is 5.69. The van der Waals surface area contributed by atoms with Crippen LogP contribution in [0.1, 0.15) is 32.4 Å². The van der Waals surface area contributed by atoms with Crippen molar-refractivity contribution in [3.8, 4) is 0 Å². The van der Waals surface area contributed by atoms with Crippen LogP contribution < -0.4 is 10.6 Å². The van der Waals surface area contributed by atoms with E-state index in [1.165, 1.54) is 17.9 Å². The fraction of sp³-hybridized carbons (Fsp3) is 0.727. The standard InChI is InChI=1S/C11H20N4/c1-4-9-6-7-12-10-8(3)14-15(5-2)11(10)13-9/h9,12-13H,4-7H2,1-3H3. The molecule has 84 valence electrons. The average molecular weight is 208 g/mol. The van der Waals surface area contributed by atoms with Gasteiger partial charge < -0.3 is 10.6 Å². The van der Waals surface area contributed by atoms with Crippen LogP contribution in [0, 0.1) is 6.92 Å². The van der Waals surface area contributed by atoms with Crippen molar-refractivity contribution in [2.24, 2.45) is 0 Å². The van der Waals surface area contributed by atoms with Crippen molar-refractivity contribution in [3.05, 3.63) is 5.69 Å². The third-order valence-corrected chi connectivity index (χ3v) is 3.06. The molecule has 0 amide bonds. The Morgan fingerprint density at radius 3 is 2.93 bits per heavy atom. The SMILES string of the molecule is CCC1CCNc2c(C)nn(CC)c2N1. The first kappa shape index (κ1) is 10.3. The highest BCUT2D eigenvalue weighted by atomic mass is 15.4. The molecule has 0 saturated carbocycles. The maximum Gasteiger partial charge on any atom is 0.148 e. The van der Waals surface area contributed by atoms with Crippen molar-refractivity contribution in [1.29, 1.82) is 0 Å². The quantitative estimate of drug-likeness (QED) is 0.783. The Hall–Kier alpha value is -1.19. The first-order valence-electron chi connectivity index (χ1n) is 5.84. The Morgan fingerprint density at radius 2 is 2.27 bits per heavy atom. The molecule has 4 nitrogen and oxygen atoms in total. The highest BCUT2D eigenvalue weighted by Crippen LogP contribution is 2.29. The van der Waals surface area contributed by atoms with Crippen molar-refractivity contribution in [3.63, 3.8) is 0 Å². The Morgan fingerprint density at radius 1 is 1.47 bits per heavy atom. The molecular formula is C11H20N4. The molecule has 2 heterocycles. The lowest BCUT2D eigenvalue weighted by Crippen LogP contribution is -2.20. The molecule has 0 radical (unpaired) electrons. The minimum Gasteiger partial charge on any atom is -0.380 e. The third-order valence-electron chi connectivity index (χ3n) is 3.06. The summed E-state index contributed by atoms with van der Waals surface area (Å²) in [6, 6.07) is 0.570. The van der Waals surface area contributed by atoms with Crippen LogP contribution in [0.3, 0.4) is 0 Å². The average Bonchev–Trinajstić information content (AvgIpc) is 2.45. The van der Waals surface area contributed by atoms with E-state index in [2.05, 4.69) is 36.5 Å². The molecule has 1 aromatic heterocycles. The van der Waals surface area contributed by atoms with E-state index in [-0.39, 0.29) is 0 Å². The van der Waals surface area contributed by atoms with Crippen LogP contribution in [0.25, 0.3) is 0 Å². The zero-order chi connectivity index (χ0) is 10.8. The van der Waals surface area contributed by atoms with E-state index < -0.39 is 0 Å². The van der Waals surface area contributed by atoms with Crippen LogP contribution in [-0.4, -0.2) is 22.4 Å². The van der Waals surface area contributed by atoms with Gasteiger partial charge in [-0.15, -0.1) is 0 Å². The number of rotatable bonds is 2. The second kappa shape index (κ2) is 4.13. The smallest absolute Gasteiger partial charge is 0.148 e. The molecule has 15 heavy (non-hydrogen) atoms. The molecule has 0 fully saturated rings. The van der Waals surface area contributed by atoms with Crippen molar-refractivity contribution in [2.75, 3.05) is 17.2 Å². The maximum atomic E-state index is 4.51. The molecule has 0 spiro atoms. The second-order valence-corrected chi connectivity index (χ2v) is 4.09. The predicted molar refractivity (Wildman–Crippen MR) is 63.4 cm³/mol. The van der Waals surface area contributed by atoms with Crippen molar-refractivity contribution >= 4 is 11.5 Å². The number of nitrogens with one attached hydrogen (secondary N) is 2. The first-order chi connectivity index (χ1) is 7.26. The van der Waals surface area contributed by atoms with E-state index >= 15 is 0 Å². The van der Waals surface area contributed by atoms with E-state index in [9.17, 15) is 0 Å². The van der Waals surface area contributed by atoms with Gasteiger partial charge in [0.15, 0.2) is 0 Å². The van der Waals surface area contributed by atoms with Gasteiger partial charge in [0.05, 0.1) is 5.69 Å². The van der Waals surface area contributed by atoms with Crippen LogP contribution in [0.2, 0.25) is 0 Å². The van der Waals surface area contributed by atoms with Crippen molar-refractivity contribution in [2.45, 2.75) is 46.2 Å². The summed E-state index contributed by atoms with van der Waals surface area (Å²) in [5.74, 6) is 1.17. The number of hydrogen-bond donors (Lipinski definition) is 2. The number of hydrogen-bond acceptors (Lipinski definition) is 3. The summed E-state index contributed by atoms with van der Waals surface area (Å²) >= 11 is 0. The molecule has 0 aliphatic carbocycles. The van der Waals surface area contributed by atoms with Crippen LogP contribution in [0.15, 0.2) is 0 Å². The fourth-order valence-electron chi connectivity index (χ4n) is 2.11. The van der Waals surface area contributed by atoms with E-state index in [4.69, 9.17) is 0 Å². The lowest BCUT2D eigenvalue weighted by atomic mass is 10.1. The summed E-state index contributed by atoms with van der Waals surface area (Å²) in [6.07, 6.45) is 2.34. The molecule has 2 N–H and O–H groups in total. The number of anilines is 2. The fourth-order valence-corrected chi connectivity index (χ4v) is 2.11. The number of nitrogens with zero attached hydrogens (tertiary/aromatic N) is 2. The van der Waals surface area contributed by atoms with Gasteiger partial charge in [-0.05, 0) is 26.7 Å². The number of aryl methyl sites for hydroxylation is 2. The Balaban J connectivity index is 2.35. The molecule has 1 aromatic rings. The molecule has 0 saturated heterocycles. The minimum absolute atomic E-state index is 0.570. The van der Waals surface area contributed by atoms with Crippen molar-refractivity contribution in [1.82, 2.24) is 9.78 Å². The van der Waals surface area contributed by atoms with Crippen molar-refractivity contribution < 1.29 is 0 Å². The van der Waals surface area contributed by atoms with Gasteiger partial charge in [0.25, 0.3) is 0 Å². The van der Waals surface area contributed by atoms with Gasteiger partial charge in [0.1, 0.15) is 11.5 Å². The molecule has 2 rings (SSSR count).